The van der Waals surface area contributed by atoms with Crippen LogP contribution in [0.15, 0.2) is 30.6 Å². The molecular formula is C25H31N5O3S. The molecule has 180 valence electrons. The van der Waals surface area contributed by atoms with Crippen molar-refractivity contribution in [2.75, 3.05) is 42.3 Å². The summed E-state index contributed by atoms with van der Waals surface area (Å²) in [6.45, 7) is 7.23. The van der Waals surface area contributed by atoms with Gasteiger partial charge in [0.25, 0.3) is 5.91 Å². The van der Waals surface area contributed by atoms with E-state index in [4.69, 9.17) is 4.74 Å². The van der Waals surface area contributed by atoms with Gasteiger partial charge in [-0.05, 0) is 63.4 Å². The van der Waals surface area contributed by atoms with Crippen molar-refractivity contribution in [2.45, 2.75) is 39.7 Å². The summed E-state index contributed by atoms with van der Waals surface area (Å²) >= 11 is 1.68. The second kappa shape index (κ2) is 9.97. The molecule has 1 aromatic carbocycles. The largest absolute Gasteiger partial charge is 0.452 e. The molecule has 0 spiro atoms. The molecule has 1 N–H and O–H groups in total. The number of amides is 1. The van der Waals surface area contributed by atoms with Crippen LogP contribution in [-0.2, 0) is 14.3 Å². The minimum absolute atomic E-state index is 0.228. The minimum atomic E-state index is -0.864. The lowest BCUT2D eigenvalue weighted by atomic mass is 9.96. The topological polar surface area (TPSA) is 87.7 Å². The van der Waals surface area contributed by atoms with E-state index in [1.807, 2.05) is 43.3 Å². The van der Waals surface area contributed by atoms with E-state index in [1.165, 1.54) is 10.4 Å². The van der Waals surface area contributed by atoms with Crippen LogP contribution in [0.25, 0.3) is 10.2 Å². The fourth-order valence-electron chi connectivity index (χ4n) is 4.14. The fraction of sp³-hybridized carbons (Fsp3) is 0.440. The summed E-state index contributed by atoms with van der Waals surface area (Å²) in [4.78, 5) is 40.7. The van der Waals surface area contributed by atoms with Crippen molar-refractivity contribution in [3.05, 3.63) is 41.0 Å². The average Bonchev–Trinajstić information content (AvgIpc) is 3.13. The van der Waals surface area contributed by atoms with Gasteiger partial charge < -0.3 is 19.9 Å². The van der Waals surface area contributed by atoms with Crippen LogP contribution in [0.5, 0.6) is 0 Å². The quantitative estimate of drug-likeness (QED) is 0.529. The molecule has 1 fully saturated rings. The Morgan fingerprint density at radius 2 is 1.82 bits per heavy atom. The molecular weight excluding hydrogens is 450 g/mol. The number of hydrogen-bond acceptors (Lipinski definition) is 8. The van der Waals surface area contributed by atoms with E-state index >= 15 is 0 Å². The van der Waals surface area contributed by atoms with Crippen LogP contribution in [0.3, 0.4) is 0 Å². The number of aromatic nitrogens is 2. The second-order valence-corrected chi connectivity index (χ2v) is 10.1. The summed E-state index contributed by atoms with van der Waals surface area (Å²) in [5, 5.41) is 3.92. The first-order valence-corrected chi connectivity index (χ1v) is 12.3. The normalized spacial score (nSPS) is 15.3. The number of esters is 1. The van der Waals surface area contributed by atoms with Crippen molar-refractivity contribution in [3.8, 4) is 0 Å². The second-order valence-electron chi connectivity index (χ2n) is 8.93. The number of benzene rings is 1. The zero-order valence-electron chi connectivity index (χ0n) is 20.3. The number of carbonyl (C=O) groups is 2. The highest BCUT2D eigenvalue weighted by Crippen LogP contribution is 2.35. The first-order chi connectivity index (χ1) is 16.2. The zero-order chi connectivity index (χ0) is 24.4. The number of aryl methyl sites for hydroxylation is 2. The molecule has 0 saturated carbocycles. The molecule has 2 aromatic heterocycles. The van der Waals surface area contributed by atoms with E-state index in [2.05, 4.69) is 34.0 Å². The van der Waals surface area contributed by atoms with Crippen molar-refractivity contribution >= 4 is 50.6 Å². The SMILES string of the molecule is Cc1sc2ncnc(N3CCC(C(=O)OC(C)C(=O)Nc4ccc(N(C)C)cc4)CC3)c2c1C. The molecule has 9 heteroatoms. The fourth-order valence-corrected chi connectivity index (χ4v) is 5.13. The van der Waals surface area contributed by atoms with Crippen molar-refractivity contribution < 1.29 is 14.3 Å². The Morgan fingerprint density at radius 1 is 1.15 bits per heavy atom. The minimum Gasteiger partial charge on any atom is -0.452 e. The van der Waals surface area contributed by atoms with Gasteiger partial charge in [0.2, 0.25) is 0 Å². The molecule has 0 bridgehead atoms. The predicted octanol–water partition coefficient (Wildman–Crippen LogP) is 4.16. The Balaban J connectivity index is 1.32. The number of piperidine rings is 1. The lowest BCUT2D eigenvalue weighted by Gasteiger charge is -2.32. The molecule has 3 heterocycles. The van der Waals surface area contributed by atoms with Crippen LogP contribution in [0, 0.1) is 19.8 Å². The Labute approximate surface area is 203 Å². The Bertz CT molecular complexity index is 1180. The summed E-state index contributed by atoms with van der Waals surface area (Å²) < 4.78 is 5.52. The number of thiophene rings is 1. The molecule has 3 aromatic rings. The highest BCUT2D eigenvalue weighted by atomic mass is 32.1. The first-order valence-electron chi connectivity index (χ1n) is 11.5. The monoisotopic (exact) mass is 481 g/mol. The molecule has 1 unspecified atom stereocenters. The average molecular weight is 482 g/mol. The highest BCUT2D eigenvalue weighted by molar-refractivity contribution is 7.18. The molecule has 34 heavy (non-hydrogen) atoms. The van der Waals surface area contributed by atoms with Gasteiger partial charge in [0, 0.05) is 43.4 Å². The van der Waals surface area contributed by atoms with Crippen LogP contribution < -0.4 is 15.1 Å². The van der Waals surface area contributed by atoms with Crippen molar-refractivity contribution in [2.24, 2.45) is 5.92 Å². The molecule has 0 aliphatic carbocycles. The summed E-state index contributed by atoms with van der Waals surface area (Å²) in [6.07, 6.45) is 2.07. The summed E-state index contributed by atoms with van der Waals surface area (Å²) in [5.74, 6) is 0.0518. The Morgan fingerprint density at radius 3 is 2.47 bits per heavy atom. The molecule has 4 rings (SSSR count). The maximum Gasteiger partial charge on any atom is 0.309 e. The molecule has 1 atom stereocenters. The van der Waals surface area contributed by atoms with Crippen LogP contribution in [0.2, 0.25) is 0 Å². The zero-order valence-corrected chi connectivity index (χ0v) is 21.1. The predicted molar refractivity (Wildman–Crippen MR) is 137 cm³/mol. The standard InChI is InChI=1S/C25H31N5O3S/c1-15-17(3)34-24-21(15)22(26-14-27-24)30-12-10-18(11-13-30)25(32)33-16(2)23(31)28-19-6-8-20(9-7-19)29(4)5/h6-9,14,16,18H,10-13H2,1-5H3,(H,28,31). The molecule has 8 nitrogen and oxygen atoms in total. The van der Waals surface area contributed by atoms with E-state index in [9.17, 15) is 9.59 Å². The number of anilines is 3. The number of fused-ring (bicyclic) bond motifs is 1. The van der Waals surface area contributed by atoms with Crippen molar-refractivity contribution in [1.29, 1.82) is 0 Å². The van der Waals surface area contributed by atoms with Gasteiger partial charge >= 0.3 is 5.97 Å². The van der Waals surface area contributed by atoms with Crippen LogP contribution >= 0.6 is 11.3 Å². The van der Waals surface area contributed by atoms with Gasteiger partial charge in [-0.25, -0.2) is 9.97 Å². The van der Waals surface area contributed by atoms with E-state index in [-0.39, 0.29) is 17.8 Å². The summed E-state index contributed by atoms with van der Waals surface area (Å²) in [6, 6.07) is 7.51. The Kier molecular flexibility index (Phi) is 7.02. The summed E-state index contributed by atoms with van der Waals surface area (Å²) in [5.41, 5.74) is 2.92. The third-order valence-electron chi connectivity index (χ3n) is 6.39. The van der Waals surface area contributed by atoms with Gasteiger partial charge in [-0.15, -0.1) is 11.3 Å². The molecule has 1 saturated heterocycles. The van der Waals surface area contributed by atoms with Crippen molar-refractivity contribution in [3.63, 3.8) is 0 Å². The first kappa shape index (κ1) is 23.9. The number of carbonyl (C=O) groups excluding carboxylic acids is 2. The van der Waals surface area contributed by atoms with Gasteiger partial charge in [-0.3, -0.25) is 9.59 Å². The number of nitrogens with one attached hydrogen (secondary N) is 1. The molecule has 1 amide bonds. The highest BCUT2D eigenvalue weighted by Gasteiger charge is 2.30. The molecule has 0 radical (unpaired) electrons. The Hall–Kier alpha value is -3.20. The van der Waals surface area contributed by atoms with Gasteiger partial charge in [0.15, 0.2) is 6.10 Å². The lowest BCUT2D eigenvalue weighted by molar-refractivity contribution is -0.157. The number of rotatable bonds is 6. The van der Waals surface area contributed by atoms with E-state index in [1.54, 1.807) is 24.6 Å². The summed E-state index contributed by atoms with van der Waals surface area (Å²) in [7, 11) is 3.91. The molecule has 1 aliphatic rings. The third-order valence-corrected chi connectivity index (χ3v) is 7.50. The van der Waals surface area contributed by atoms with Gasteiger partial charge in [-0.2, -0.15) is 0 Å². The lowest BCUT2D eigenvalue weighted by Crippen LogP contribution is -2.39. The van der Waals surface area contributed by atoms with Crippen LogP contribution in [-0.4, -0.2) is 55.1 Å². The van der Waals surface area contributed by atoms with E-state index < -0.39 is 6.10 Å². The third kappa shape index (κ3) is 4.99. The van der Waals surface area contributed by atoms with Crippen LogP contribution in [0.1, 0.15) is 30.2 Å². The number of hydrogen-bond donors (Lipinski definition) is 1. The number of ether oxygens (including phenoxy) is 1. The smallest absolute Gasteiger partial charge is 0.309 e. The number of nitrogens with zero attached hydrogens (tertiary/aromatic N) is 4. The maximum atomic E-state index is 12.7. The van der Waals surface area contributed by atoms with Gasteiger partial charge in [0.05, 0.1) is 11.3 Å². The van der Waals surface area contributed by atoms with Crippen molar-refractivity contribution in [1.82, 2.24) is 9.97 Å². The van der Waals surface area contributed by atoms with Crippen LogP contribution in [0.4, 0.5) is 17.2 Å². The van der Waals surface area contributed by atoms with Gasteiger partial charge in [0.1, 0.15) is 17.0 Å². The maximum absolute atomic E-state index is 12.7. The molecule has 1 aliphatic heterocycles. The van der Waals surface area contributed by atoms with E-state index in [0.717, 1.165) is 21.7 Å². The van der Waals surface area contributed by atoms with Gasteiger partial charge in [-0.1, -0.05) is 0 Å². The van der Waals surface area contributed by atoms with E-state index in [0.29, 0.717) is 31.6 Å².